The molecule has 4 heteroatoms. The molecule has 0 unspecified atom stereocenters. The third-order valence-electron chi connectivity index (χ3n) is 3.49. The lowest BCUT2D eigenvalue weighted by Gasteiger charge is -2.22. The summed E-state index contributed by atoms with van der Waals surface area (Å²) in [5.41, 5.74) is 0.180. The zero-order valence-electron chi connectivity index (χ0n) is 9.55. The molecule has 0 amide bonds. The minimum absolute atomic E-state index is 0.180. The molecule has 0 atom stereocenters. The van der Waals surface area contributed by atoms with Crippen molar-refractivity contribution >= 4 is 0 Å². The molecular weight excluding hydrogens is 190 g/mol. The van der Waals surface area contributed by atoms with E-state index >= 15 is 0 Å². The van der Waals surface area contributed by atoms with Gasteiger partial charge >= 0.3 is 0 Å². The lowest BCUT2D eigenvalue weighted by atomic mass is 9.83. The molecule has 0 saturated heterocycles. The number of nitrogens with zero attached hydrogens (tertiary/aromatic N) is 2. The zero-order chi connectivity index (χ0) is 10.7. The van der Waals surface area contributed by atoms with Crippen molar-refractivity contribution in [1.82, 2.24) is 15.5 Å². The summed E-state index contributed by atoms with van der Waals surface area (Å²) >= 11 is 0. The molecule has 15 heavy (non-hydrogen) atoms. The maximum Gasteiger partial charge on any atom is 0.230 e. The first kappa shape index (κ1) is 10.6. The van der Waals surface area contributed by atoms with E-state index < -0.39 is 0 Å². The van der Waals surface area contributed by atoms with Gasteiger partial charge in [0, 0.05) is 5.41 Å². The van der Waals surface area contributed by atoms with Gasteiger partial charge in [0.1, 0.15) is 0 Å². The van der Waals surface area contributed by atoms with E-state index in [1.54, 1.807) is 0 Å². The van der Waals surface area contributed by atoms with Gasteiger partial charge in [0.25, 0.3) is 0 Å². The number of hydrogen-bond acceptors (Lipinski definition) is 4. The summed E-state index contributed by atoms with van der Waals surface area (Å²) in [6, 6.07) is 0. The van der Waals surface area contributed by atoms with Crippen LogP contribution in [0.3, 0.4) is 0 Å². The van der Waals surface area contributed by atoms with Gasteiger partial charge in [0.2, 0.25) is 11.8 Å². The Balaban J connectivity index is 2.19. The van der Waals surface area contributed by atoms with Crippen LogP contribution in [-0.4, -0.2) is 17.2 Å². The molecule has 1 fully saturated rings. The Morgan fingerprint density at radius 3 is 2.67 bits per heavy atom. The number of hydrogen-bond donors (Lipinski definition) is 1. The average Bonchev–Trinajstić information content (AvgIpc) is 2.86. The molecule has 0 radical (unpaired) electrons. The summed E-state index contributed by atoms with van der Waals surface area (Å²) in [7, 11) is 1.88. The fraction of sp³-hybridized carbons (Fsp3) is 0.818. The summed E-state index contributed by atoms with van der Waals surface area (Å²) in [6.45, 7) is 2.88. The van der Waals surface area contributed by atoms with Crippen molar-refractivity contribution in [1.29, 1.82) is 0 Å². The van der Waals surface area contributed by atoms with Gasteiger partial charge in [-0.25, -0.2) is 0 Å². The molecule has 1 aliphatic rings. The number of rotatable bonds is 4. The van der Waals surface area contributed by atoms with Crippen LogP contribution >= 0.6 is 0 Å². The predicted molar refractivity (Wildman–Crippen MR) is 57.5 cm³/mol. The van der Waals surface area contributed by atoms with Crippen molar-refractivity contribution in [3.05, 3.63) is 11.8 Å². The van der Waals surface area contributed by atoms with Crippen molar-refractivity contribution in [2.24, 2.45) is 0 Å². The van der Waals surface area contributed by atoms with Crippen LogP contribution in [0.4, 0.5) is 0 Å². The van der Waals surface area contributed by atoms with Crippen molar-refractivity contribution in [2.45, 2.75) is 51.0 Å². The van der Waals surface area contributed by atoms with Crippen molar-refractivity contribution in [3.63, 3.8) is 0 Å². The van der Waals surface area contributed by atoms with Gasteiger partial charge < -0.3 is 9.73 Å². The molecule has 1 heterocycles. The molecule has 84 valence electrons. The maximum atomic E-state index is 5.72. The molecule has 1 saturated carbocycles. The maximum absolute atomic E-state index is 5.72. The monoisotopic (exact) mass is 209 g/mol. The summed E-state index contributed by atoms with van der Waals surface area (Å²) in [4.78, 5) is 0. The Morgan fingerprint density at radius 2 is 2.07 bits per heavy atom. The van der Waals surface area contributed by atoms with Crippen LogP contribution in [0.2, 0.25) is 0 Å². The second-order valence-corrected chi connectivity index (χ2v) is 4.37. The molecule has 2 rings (SSSR count). The molecule has 4 nitrogen and oxygen atoms in total. The Morgan fingerprint density at radius 1 is 1.33 bits per heavy atom. The fourth-order valence-corrected chi connectivity index (χ4v) is 2.46. The highest BCUT2D eigenvalue weighted by Crippen LogP contribution is 2.42. The lowest BCUT2D eigenvalue weighted by molar-refractivity contribution is 0.303. The smallest absolute Gasteiger partial charge is 0.230 e. The van der Waals surface area contributed by atoms with E-state index in [-0.39, 0.29) is 5.41 Å². The molecule has 1 N–H and O–H groups in total. The molecule has 0 bridgehead atoms. The summed E-state index contributed by atoms with van der Waals surface area (Å²) < 4.78 is 5.72. The first-order valence-electron chi connectivity index (χ1n) is 5.78. The zero-order valence-corrected chi connectivity index (χ0v) is 9.55. The van der Waals surface area contributed by atoms with Crippen LogP contribution in [0.5, 0.6) is 0 Å². The second kappa shape index (κ2) is 4.31. The van der Waals surface area contributed by atoms with E-state index in [0.29, 0.717) is 12.4 Å². The van der Waals surface area contributed by atoms with Crippen LogP contribution in [0.15, 0.2) is 4.42 Å². The minimum Gasteiger partial charge on any atom is -0.423 e. The fourth-order valence-electron chi connectivity index (χ4n) is 2.46. The van der Waals surface area contributed by atoms with Gasteiger partial charge in [-0.2, -0.15) is 0 Å². The highest BCUT2D eigenvalue weighted by Gasteiger charge is 2.38. The van der Waals surface area contributed by atoms with E-state index in [0.717, 1.165) is 12.3 Å². The van der Waals surface area contributed by atoms with Crippen molar-refractivity contribution in [3.8, 4) is 0 Å². The van der Waals surface area contributed by atoms with E-state index in [4.69, 9.17) is 4.42 Å². The van der Waals surface area contributed by atoms with Gasteiger partial charge in [-0.3, -0.25) is 0 Å². The molecule has 1 aliphatic carbocycles. The molecule has 0 aliphatic heterocycles. The van der Waals surface area contributed by atoms with Crippen LogP contribution in [-0.2, 0) is 12.0 Å². The Hall–Kier alpha value is -0.900. The molecule has 0 aromatic carbocycles. The minimum atomic E-state index is 0.180. The quantitative estimate of drug-likeness (QED) is 0.824. The third-order valence-corrected chi connectivity index (χ3v) is 3.49. The number of nitrogens with one attached hydrogen (secondary N) is 1. The highest BCUT2D eigenvalue weighted by atomic mass is 16.4. The molecule has 0 spiro atoms. The molecular formula is C11H19N3O. The third kappa shape index (κ3) is 1.91. The largest absolute Gasteiger partial charge is 0.423 e. The van der Waals surface area contributed by atoms with Gasteiger partial charge in [-0.15, -0.1) is 10.2 Å². The van der Waals surface area contributed by atoms with E-state index in [9.17, 15) is 0 Å². The Kier molecular flexibility index (Phi) is 3.05. The van der Waals surface area contributed by atoms with Gasteiger partial charge in [0.05, 0.1) is 6.54 Å². The standard InChI is InChI=1S/C11H19N3O/c1-3-11(6-4-5-7-11)10-14-13-9(15-10)8-12-2/h12H,3-8H2,1-2H3. The van der Waals surface area contributed by atoms with Crippen molar-refractivity contribution in [2.75, 3.05) is 7.05 Å². The van der Waals surface area contributed by atoms with E-state index in [2.05, 4.69) is 22.4 Å². The topological polar surface area (TPSA) is 51.0 Å². The molecule has 1 aromatic rings. The van der Waals surface area contributed by atoms with Gasteiger partial charge in [-0.05, 0) is 26.3 Å². The predicted octanol–water partition coefficient (Wildman–Crippen LogP) is 2.01. The molecule has 1 aromatic heterocycles. The summed E-state index contributed by atoms with van der Waals surface area (Å²) in [5, 5.41) is 11.3. The van der Waals surface area contributed by atoms with Gasteiger partial charge in [0.15, 0.2) is 0 Å². The lowest BCUT2D eigenvalue weighted by Crippen LogP contribution is -2.21. The van der Waals surface area contributed by atoms with E-state index in [1.165, 1.54) is 25.7 Å². The van der Waals surface area contributed by atoms with Crippen LogP contribution in [0.25, 0.3) is 0 Å². The van der Waals surface area contributed by atoms with Crippen LogP contribution in [0.1, 0.15) is 50.8 Å². The first-order chi connectivity index (χ1) is 7.30. The summed E-state index contributed by atoms with van der Waals surface area (Å²) in [5.74, 6) is 1.56. The highest BCUT2D eigenvalue weighted by molar-refractivity contribution is 5.06. The van der Waals surface area contributed by atoms with Crippen LogP contribution < -0.4 is 5.32 Å². The SMILES string of the molecule is CCC1(c2nnc(CNC)o2)CCCC1. The number of aromatic nitrogens is 2. The Labute approximate surface area is 90.5 Å². The first-order valence-corrected chi connectivity index (χ1v) is 5.78. The summed E-state index contributed by atoms with van der Waals surface area (Å²) in [6.07, 6.45) is 6.08. The normalized spacial score (nSPS) is 19.6. The average molecular weight is 209 g/mol. The van der Waals surface area contributed by atoms with Crippen LogP contribution in [0, 0.1) is 0 Å². The Bertz CT molecular complexity index is 315. The van der Waals surface area contributed by atoms with Crippen molar-refractivity contribution < 1.29 is 4.42 Å². The second-order valence-electron chi connectivity index (χ2n) is 4.37. The van der Waals surface area contributed by atoms with E-state index in [1.807, 2.05) is 7.05 Å². The van der Waals surface area contributed by atoms with Gasteiger partial charge in [-0.1, -0.05) is 19.8 Å².